The molecule has 0 radical (unpaired) electrons. The molecule has 0 atom stereocenters. The number of aromatic nitrogens is 5. The molecule has 1 aromatic carbocycles. The van der Waals surface area contributed by atoms with Crippen molar-refractivity contribution < 1.29 is 8.91 Å². The van der Waals surface area contributed by atoms with Crippen LogP contribution in [-0.4, -0.2) is 62.5 Å². The minimum atomic E-state index is -0.287. The minimum Gasteiger partial charge on any atom is -0.367 e. The maximum Gasteiger partial charge on any atom is 0.258 e. The number of halogens is 1. The van der Waals surface area contributed by atoms with Crippen molar-refractivity contribution in [2.45, 2.75) is 20.8 Å². The van der Waals surface area contributed by atoms with Crippen molar-refractivity contribution in [3.63, 3.8) is 0 Å². The Morgan fingerprint density at radius 2 is 1.85 bits per heavy atom. The molecule has 0 aliphatic carbocycles. The number of pyridine rings is 1. The first kappa shape index (κ1) is 21.3. The Hall–Kier alpha value is -3.59. The van der Waals surface area contributed by atoms with E-state index in [1.807, 2.05) is 42.8 Å². The van der Waals surface area contributed by atoms with Gasteiger partial charge in [-0.1, -0.05) is 12.1 Å². The first-order chi connectivity index (χ1) is 16.0. The fraction of sp³-hybridized carbons (Fsp3) is 0.333. The Bertz CT molecular complexity index is 1260. The predicted molar refractivity (Wildman–Crippen MR) is 124 cm³/mol. The Morgan fingerprint density at radius 1 is 1.03 bits per heavy atom. The second-order valence-electron chi connectivity index (χ2n) is 8.25. The zero-order valence-corrected chi connectivity index (χ0v) is 19.0. The normalized spacial score (nSPS) is 14.7. The number of nitrogens with zero attached hydrogens (tertiary/aromatic N) is 7. The van der Waals surface area contributed by atoms with Crippen LogP contribution in [0, 0.1) is 19.7 Å². The number of anilines is 1. The monoisotopic (exact) mass is 447 g/mol. The molecule has 1 aliphatic heterocycles. The molecular formula is C24H26FN7O. The van der Waals surface area contributed by atoms with Crippen molar-refractivity contribution in [3.05, 3.63) is 59.8 Å². The molecule has 4 heterocycles. The lowest BCUT2D eigenvalue weighted by atomic mass is 10.1. The third-order valence-corrected chi connectivity index (χ3v) is 6.01. The summed E-state index contributed by atoms with van der Waals surface area (Å²) in [4.78, 5) is 13.3. The summed E-state index contributed by atoms with van der Waals surface area (Å²) in [5.41, 5.74) is 4.55. The second-order valence-corrected chi connectivity index (χ2v) is 8.25. The van der Waals surface area contributed by atoms with Gasteiger partial charge in [0.25, 0.3) is 5.89 Å². The van der Waals surface area contributed by atoms with Crippen LogP contribution in [0.1, 0.15) is 18.3 Å². The van der Waals surface area contributed by atoms with E-state index in [1.165, 1.54) is 6.07 Å². The second kappa shape index (κ2) is 8.74. The molecule has 0 N–H and O–H groups in total. The van der Waals surface area contributed by atoms with Crippen LogP contribution in [0.25, 0.3) is 28.7 Å². The summed E-state index contributed by atoms with van der Waals surface area (Å²) in [6, 6.07) is 10.8. The molecule has 170 valence electrons. The fourth-order valence-electron chi connectivity index (χ4n) is 4.18. The van der Waals surface area contributed by atoms with Crippen LogP contribution < -0.4 is 4.90 Å². The largest absolute Gasteiger partial charge is 0.367 e. The van der Waals surface area contributed by atoms with Gasteiger partial charge in [-0.25, -0.2) is 9.07 Å². The van der Waals surface area contributed by atoms with E-state index in [2.05, 4.69) is 36.9 Å². The summed E-state index contributed by atoms with van der Waals surface area (Å²) in [5.74, 6) is 0.324. The smallest absolute Gasteiger partial charge is 0.258 e. The van der Waals surface area contributed by atoms with Gasteiger partial charge < -0.3 is 14.3 Å². The van der Waals surface area contributed by atoms with E-state index in [9.17, 15) is 4.39 Å². The number of likely N-dealkylation sites (N-methyl/N-ethyl adjacent to an activating group) is 1. The Kier molecular flexibility index (Phi) is 5.63. The predicted octanol–water partition coefficient (Wildman–Crippen LogP) is 3.88. The summed E-state index contributed by atoms with van der Waals surface area (Å²) < 4.78 is 22.1. The summed E-state index contributed by atoms with van der Waals surface area (Å²) in [6.45, 7) is 10.6. The van der Waals surface area contributed by atoms with Gasteiger partial charge in [-0.3, -0.25) is 4.98 Å². The van der Waals surface area contributed by atoms with Crippen LogP contribution in [0.3, 0.4) is 0 Å². The summed E-state index contributed by atoms with van der Waals surface area (Å²) in [7, 11) is 0. The van der Waals surface area contributed by atoms with Gasteiger partial charge in [0, 0.05) is 37.4 Å². The molecule has 5 rings (SSSR count). The first-order valence-corrected chi connectivity index (χ1v) is 11.1. The topological polar surface area (TPSA) is 76.1 Å². The molecule has 0 saturated carbocycles. The van der Waals surface area contributed by atoms with Crippen molar-refractivity contribution in [3.8, 4) is 28.7 Å². The van der Waals surface area contributed by atoms with Gasteiger partial charge in [0.05, 0.1) is 23.3 Å². The van der Waals surface area contributed by atoms with Crippen molar-refractivity contribution in [2.75, 3.05) is 37.6 Å². The average molecular weight is 448 g/mol. The van der Waals surface area contributed by atoms with E-state index >= 15 is 0 Å². The van der Waals surface area contributed by atoms with Crippen molar-refractivity contribution >= 4 is 5.69 Å². The number of hydrogen-bond acceptors (Lipinski definition) is 7. The lowest BCUT2D eigenvalue weighted by Gasteiger charge is -2.35. The molecule has 9 heteroatoms. The van der Waals surface area contributed by atoms with Gasteiger partial charge in [-0.15, -0.1) is 0 Å². The number of benzene rings is 1. The first-order valence-electron chi connectivity index (χ1n) is 11.1. The van der Waals surface area contributed by atoms with Gasteiger partial charge in [-0.05, 0) is 56.8 Å². The van der Waals surface area contributed by atoms with E-state index in [0.717, 1.165) is 49.8 Å². The molecule has 1 aliphatic rings. The van der Waals surface area contributed by atoms with Gasteiger partial charge in [0.2, 0.25) is 5.82 Å². The van der Waals surface area contributed by atoms with Crippen LogP contribution in [0.4, 0.5) is 10.1 Å². The molecule has 0 bridgehead atoms. The van der Waals surface area contributed by atoms with Crippen LogP contribution in [0.5, 0.6) is 0 Å². The lowest BCUT2D eigenvalue weighted by molar-refractivity contribution is 0.270. The fourth-order valence-corrected chi connectivity index (χ4v) is 4.18. The number of hydrogen-bond donors (Lipinski definition) is 0. The highest BCUT2D eigenvalue weighted by atomic mass is 19.1. The van der Waals surface area contributed by atoms with Gasteiger partial charge in [0.15, 0.2) is 0 Å². The molecule has 4 aromatic rings. The van der Waals surface area contributed by atoms with Crippen LogP contribution >= 0.6 is 0 Å². The third kappa shape index (κ3) is 4.23. The Labute approximate surface area is 191 Å². The zero-order chi connectivity index (χ0) is 22.9. The van der Waals surface area contributed by atoms with E-state index in [4.69, 9.17) is 4.52 Å². The van der Waals surface area contributed by atoms with Crippen LogP contribution in [-0.2, 0) is 0 Å². The molecule has 3 aromatic heterocycles. The van der Waals surface area contributed by atoms with E-state index < -0.39 is 0 Å². The zero-order valence-electron chi connectivity index (χ0n) is 19.0. The molecule has 0 unspecified atom stereocenters. The minimum absolute atomic E-state index is 0.260. The molecular weight excluding hydrogens is 421 g/mol. The standard InChI is InChI=1S/C24H26FN7O/c1-4-30-9-11-31(12-10-30)22-8-5-18(14-20(22)25)24-27-23(29-33-24)21-7-6-19(15-26-21)32-17(3)13-16(2)28-32/h5-8,13-15H,4,9-12H2,1-3H3. The Morgan fingerprint density at radius 3 is 2.48 bits per heavy atom. The van der Waals surface area contributed by atoms with Crippen LogP contribution in [0.2, 0.25) is 0 Å². The van der Waals surface area contributed by atoms with Crippen molar-refractivity contribution in [1.29, 1.82) is 0 Å². The Balaban J connectivity index is 1.33. The van der Waals surface area contributed by atoms with Crippen molar-refractivity contribution in [2.24, 2.45) is 0 Å². The quantitative estimate of drug-likeness (QED) is 0.459. The molecule has 1 saturated heterocycles. The highest BCUT2D eigenvalue weighted by Gasteiger charge is 2.20. The molecule has 0 spiro atoms. The summed E-state index contributed by atoms with van der Waals surface area (Å²) >= 11 is 0. The average Bonchev–Trinajstić information content (AvgIpc) is 3.46. The highest BCUT2D eigenvalue weighted by Crippen LogP contribution is 2.28. The molecule has 8 nitrogen and oxygen atoms in total. The molecule has 0 amide bonds. The van der Waals surface area contributed by atoms with E-state index in [-0.39, 0.29) is 11.7 Å². The SMILES string of the molecule is CCN1CCN(c2ccc(-c3nc(-c4ccc(-n5nc(C)cc5C)cn4)no3)cc2F)CC1. The third-order valence-electron chi connectivity index (χ3n) is 6.01. The highest BCUT2D eigenvalue weighted by molar-refractivity contribution is 5.62. The van der Waals surface area contributed by atoms with Crippen LogP contribution in [0.15, 0.2) is 47.1 Å². The van der Waals surface area contributed by atoms with E-state index in [0.29, 0.717) is 22.8 Å². The molecule has 1 fully saturated rings. The number of piperazine rings is 1. The number of aryl methyl sites for hydroxylation is 2. The summed E-state index contributed by atoms with van der Waals surface area (Å²) in [5, 5.41) is 8.51. The number of rotatable bonds is 5. The van der Waals surface area contributed by atoms with Crippen molar-refractivity contribution in [1.82, 2.24) is 29.8 Å². The van der Waals surface area contributed by atoms with Gasteiger partial charge in [0.1, 0.15) is 11.5 Å². The maximum atomic E-state index is 14.9. The van der Waals surface area contributed by atoms with Gasteiger partial charge in [-0.2, -0.15) is 10.1 Å². The maximum absolute atomic E-state index is 14.9. The lowest BCUT2D eigenvalue weighted by Crippen LogP contribution is -2.46. The van der Waals surface area contributed by atoms with E-state index in [1.54, 1.807) is 12.3 Å². The molecule has 33 heavy (non-hydrogen) atoms. The summed E-state index contributed by atoms with van der Waals surface area (Å²) in [6.07, 6.45) is 1.72. The van der Waals surface area contributed by atoms with Gasteiger partial charge >= 0.3 is 0 Å².